The van der Waals surface area contributed by atoms with Crippen LogP contribution in [0.25, 0.3) is 0 Å². The third-order valence-electron chi connectivity index (χ3n) is 4.16. The molecule has 1 saturated carbocycles. The van der Waals surface area contributed by atoms with E-state index in [1.807, 2.05) is 0 Å². The summed E-state index contributed by atoms with van der Waals surface area (Å²) in [6, 6.07) is 4.92. The van der Waals surface area contributed by atoms with Gasteiger partial charge in [-0.25, -0.2) is 4.39 Å². The Morgan fingerprint density at radius 1 is 1.25 bits per heavy atom. The van der Waals surface area contributed by atoms with Gasteiger partial charge in [-0.3, -0.25) is 4.99 Å². The van der Waals surface area contributed by atoms with E-state index in [-0.39, 0.29) is 5.82 Å². The van der Waals surface area contributed by atoms with Crippen molar-refractivity contribution in [3.05, 3.63) is 28.5 Å². The van der Waals surface area contributed by atoms with Crippen LogP contribution in [0.2, 0.25) is 0 Å². The molecule has 1 aliphatic carbocycles. The lowest BCUT2D eigenvalue weighted by molar-refractivity contribution is 0.232. The summed E-state index contributed by atoms with van der Waals surface area (Å²) in [4.78, 5) is 4.66. The molecule has 1 aromatic carbocycles. The van der Waals surface area contributed by atoms with E-state index in [1.165, 1.54) is 38.2 Å². The number of hydrogen-bond acceptors (Lipinski definition) is 3. The van der Waals surface area contributed by atoms with E-state index in [4.69, 9.17) is 0 Å². The predicted octanol–water partition coefficient (Wildman–Crippen LogP) is 5.05. The van der Waals surface area contributed by atoms with Gasteiger partial charge in [0.25, 0.3) is 0 Å². The smallest absolute Gasteiger partial charge is 0.161 e. The van der Waals surface area contributed by atoms with E-state index in [2.05, 4.69) is 26.2 Å². The minimum atomic E-state index is -0.241. The second-order valence-electron chi connectivity index (χ2n) is 5.72. The van der Waals surface area contributed by atoms with Gasteiger partial charge in [0, 0.05) is 16.8 Å². The minimum absolute atomic E-state index is 0.241. The van der Waals surface area contributed by atoms with Gasteiger partial charge in [-0.1, -0.05) is 47.0 Å². The first-order chi connectivity index (χ1) is 9.67. The number of amidine groups is 1. The molecule has 0 atom stereocenters. The number of thioether (sulfide) groups is 1. The fourth-order valence-corrected chi connectivity index (χ4v) is 4.46. The molecule has 0 bridgehead atoms. The average molecular weight is 357 g/mol. The van der Waals surface area contributed by atoms with Crippen molar-refractivity contribution in [3.8, 4) is 0 Å². The minimum Gasteiger partial charge on any atom is -0.333 e. The fraction of sp³-hybridized carbons (Fsp3) is 0.533. The van der Waals surface area contributed by atoms with Gasteiger partial charge in [0.15, 0.2) is 5.17 Å². The van der Waals surface area contributed by atoms with Crippen molar-refractivity contribution < 1.29 is 4.39 Å². The van der Waals surface area contributed by atoms with Gasteiger partial charge in [0.1, 0.15) is 5.82 Å². The maximum absolute atomic E-state index is 13.7. The number of aliphatic imine (C=N–C) groups is 1. The van der Waals surface area contributed by atoms with Gasteiger partial charge in [-0.2, -0.15) is 0 Å². The maximum Gasteiger partial charge on any atom is 0.161 e. The molecule has 0 radical (unpaired) electrons. The number of nitrogens with one attached hydrogen (secondary N) is 1. The first-order valence-electron chi connectivity index (χ1n) is 7.06. The molecular weight excluding hydrogens is 339 g/mol. The SMILES string of the molecule is Fc1ccc(Br)cc1NC1=NCC2(CCCCC2)CS1. The zero-order chi connectivity index (χ0) is 14.0. The van der Waals surface area contributed by atoms with Crippen molar-refractivity contribution in [3.63, 3.8) is 0 Å². The van der Waals surface area contributed by atoms with Crippen molar-refractivity contribution in [1.82, 2.24) is 0 Å². The van der Waals surface area contributed by atoms with Crippen LogP contribution in [0.1, 0.15) is 32.1 Å². The molecule has 1 spiro atoms. The van der Waals surface area contributed by atoms with Gasteiger partial charge >= 0.3 is 0 Å². The number of anilines is 1. The van der Waals surface area contributed by atoms with E-state index in [0.717, 1.165) is 21.9 Å². The lowest BCUT2D eigenvalue weighted by Crippen LogP contribution is -2.35. The Kier molecular flexibility index (Phi) is 4.36. The van der Waals surface area contributed by atoms with Crippen LogP contribution in [0, 0.1) is 11.2 Å². The summed E-state index contributed by atoms with van der Waals surface area (Å²) in [5.74, 6) is 0.864. The molecule has 0 amide bonds. The summed E-state index contributed by atoms with van der Waals surface area (Å²) in [6.07, 6.45) is 6.62. The summed E-state index contributed by atoms with van der Waals surface area (Å²) < 4.78 is 14.6. The highest BCUT2D eigenvalue weighted by Gasteiger charge is 2.34. The molecule has 108 valence electrons. The first kappa shape index (κ1) is 14.4. The van der Waals surface area contributed by atoms with Crippen molar-refractivity contribution >= 4 is 38.5 Å². The quantitative estimate of drug-likeness (QED) is 0.760. The molecule has 0 saturated heterocycles. The molecule has 3 rings (SSSR count). The molecule has 0 unspecified atom stereocenters. The third kappa shape index (κ3) is 3.19. The van der Waals surface area contributed by atoms with Crippen LogP contribution in [0.4, 0.5) is 10.1 Å². The summed E-state index contributed by atoms with van der Waals surface area (Å²) >= 11 is 5.10. The molecule has 1 heterocycles. The van der Waals surface area contributed by atoms with Gasteiger partial charge < -0.3 is 5.32 Å². The zero-order valence-corrected chi connectivity index (χ0v) is 13.7. The number of halogens is 2. The van der Waals surface area contributed by atoms with Crippen LogP contribution in [-0.4, -0.2) is 17.5 Å². The standard InChI is InChI=1S/C15H18BrFN2S/c16-11-4-5-12(17)13(8-11)19-14-18-9-15(10-20-14)6-2-1-3-7-15/h4-5,8H,1-3,6-7,9-10H2,(H,18,19). The first-order valence-corrected chi connectivity index (χ1v) is 8.84. The molecule has 20 heavy (non-hydrogen) atoms. The van der Waals surface area contributed by atoms with E-state index in [0.29, 0.717) is 11.1 Å². The number of benzene rings is 1. The van der Waals surface area contributed by atoms with Crippen molar-refractivity contribution in [2.24, 2.45) is 10.4 Å². The normalized spacial score (nSPS) is 21.6. The van der Waals surface area contributed by atoms with Crippen LogP contribution in [-0.2, 0) is 0 Å². The van der Waals surface area contributed by atoms with Gasteiger partial charge in [0.05, 0.1) is 5.69 Å². The average Bonchev–Trinajstić information content (AvgIpc) is 2.47. The second-order valence-corrected chi connectivity index (χ2v) is 7.60. The van der Waals surface area contributed by atoms with Crippen LogP contribution in [0.3, 0.4) is 0 Å². The summed E-state index contributed by atoms with van der Waals surface area (Å²) in [5, 5.41) is 3.97. The summed E-state index contributed by atoms with van der Waals surface area (Å²) in [7, 11) is 0. The van der Waals surface area contributed by atoms with Gasteiger partial charge in [0.2, 0.25) is 0 Å². The van der Waals surface area contributed by atoms with Crippen LogP contribution in [0.15, 0.2) is 27.7 Å². The summed E-state index contributed by atoms with van der Waals surface area (Å²) in [6.45, 7) is 0.887. The lowest BCUT2D eigenvalue weighted by atomic mass is 9.75. The maximum atomic E-state index is 13.7. The van der Waals surface area contributed by atoms with Crippen molar-refractivity contribution in [2.45, 2.75) is 32.1 Å². The van der Waals surface area contributed by atoms with Crippen LogP contribution < -0.4 is 5.32 Å². The Labute approximate surface area is 131 Å². The number of hydrogen-bond donors (Lipinski definition) is 1. The van der Waals surface area contributed by atoms with E-state index < -0.39 is 0 Å². The molecule has 1 fully saturated rings. The Morgan fingerprint density at radius 3 is 2.75 bits per heavy atom. The predicted molar refractivity (Wildman–Crippen MR) is 88.0 cm³/mol. The Morgan fingerprint density at radius 2 is 2.05 bits per heavy atom. The Bertz CT molecular complexity index is 527. The molecule has 1 N–H and O–H groups in total. The van der Waals surface area contributed by atoms with Crippen LogP contribution in [0.5, 0.6) is 0 Å². The molecule has 1 aliphatic heterocycles. The topological polar surface area (TPSA) is 24.4 Å². The monoisotopic (exact) mass is 356 g/mol. The molecule has 2 aliphatic rings. The third-order valence-corrected chi connectivity index (χ3v) is 5.91. The molecule has 1 aromatic rings. The van der Waals surface area contributed by atoms with E-state index >= 15 is 0 Å². The van der Waals surface area contributed by atoms with Gasteiger partial charge in [-0.15, -0.1) is 0 Å². The van der Waals surface area contributed by atoms with Crippen LogP contribution >= 0.6 is 27.7 Å². The molecule has 2 nitrogen and oxygen atoms in total. The molecule has 0 aromatic heterocycles. The highest BCUT2D eigenvalue weighted by molar-refractivity contribution is 9.10. The van der Waals surface area contributed by atoms with Crippen molar-refractivity contribution in [2.75, 3.05) is 17.6 Å². The Hall–Kier alpha value is -0.550. The number of nitrogens with zero attached hydrogens (tertiary/aromatic N) is 1. The fourth-order valence-electron chi connectivity index (χ4n) is 2.94. The van der Waals surface area contributed by atoms with E-state index in [1.54, 1.807) is 23.9 Å². The second kappa shape index (κ2) is 6.06. The lowest BCUT2D eigenvalue weighted by Gasteiger charge is -2.38. The Balaban J connectivity index is 1.69. The van der Waals surface area contributed by atoms with Gasteiger partial charge in [-0.05, 0) is 36.5 Å². The number of rotatable bonds is 1. The van der Waals surface area contributed by atoms with Crippen molar-refractivity contribution in [1.29, 1.82) is 0 Å². The summed E-state index contributed by atoms with van der Waals surface area (Å²) in [5.41, 5.74) is 0.898. The molecule has 5 heteroatoms. The highest BCUT2D eigenvalue weighted by Crippen LogP contribution is 2.42. The van der Waals surface area contributed by atoms with E-state index in [9.17, 15) is 4.39 Å². The molecular formula is C15H18BrFN2S. The zero-order valence-electron chi connectivity index (χ0n) is 11.3. The highest BCUT2D eigenvalue weighted by atomic mass is 79.9. The largest absolute Gasteiger partial charge is 0.333 e.